The molecule has 0 spiro atoms. The largest absolute Gasteiger partial charge is 0.388 e. The van der Waals surface area contributed by atoms with E-state index in [4.69, 9.17) is 0 Å². The van der Waals surface area contributed by atoms with Crippen molar-refractivity contribution in [3.05, 3.63) is 29.8 Å². The number of benzene rings is 1. The van der Waals surface area contributed by atoms with Gasteiger partial charge in [-0.25, -0.2) is 0 Å². The Hall–Kier alpha value is -1.02. The first-order valence-corrected chi connectivity index (χ1v) is 5.71. The van der Waals surface area contributed by atoms with Gasteiger partial charge in [0.25, 0.3) is 0 Å². The third kappa shape index (κ3) is 4.34. The van der Waals surface area contributed by atoms with Crippen LogP contribution in [0.1, 0.15) is 25.3 Å². The molecule has 0 radical (unpaired) electrons. The van der Waals surface area contributed by atoms with Crippen molar-refractivity contribution in [3.63, 3.8) is 0 Å². The molecule has 1 rings (SSSR count). The van der Waals surface area contributed by atoms with Crippen LogP contribution in [0.3, 0.4) is 0 Å². The van der Waals surface area contributed by atoms with Crippen molar-refractivity contribution in [2.24, 2.45) is 0 Å². The van der Waals surface area contributed by atoms with Crippen LogP contribution < -0.4 is 5.32 Å². The van der Waals surface area contributed by atoms with Crippen LogP contribution in [0.4, 0.5) is 5.69 Å². The number of hydrogen-bond donors (Lipinski definition) is 1. The van der Waals surface area contributed by atoms with Crippen LogP contribution in [-0.2, 0) is 6.54 Å². The summed E-state index contributed by atoms with van der Waals surface area (Å²) >= 11 is 0. The summed E-state index contributed by atoms with van der Waals surface area (Å²) in [7, 11) is 4.13. The highest BCUT2D eigenvalue weighted by Gasteiger charge is 1.99. The molecule has 0 amide bonds. The molecule has 1 N–H and O–H groups in total. The van der Waals surface area contributed by atoms with Gasteiger partial charge >= 0.3 is 0 Å². The van der Waals surface area contributed by atoms with E-state index in [-0.39, 0.29) is 0 Å². The summed E-state index contributed by atoms with van der Waals surface area (Å²) in [5.41, 5.74) is 2.56. The average Bonchev–Trinajstić information content (AvgIpc) is 2.27. The Kier molecular flexibility index (Phi) is 5.19. The maximum Gasteiger partial charge on any atom is 0.0337 e. The first-order chi connectivity index (χ1) is 7.26. The molecule has 1 aromatic carbocycles. The number of rotatable bonds is 6. The van der Waals surface area contributed by atoms with E-state index in [1.807, 2.05) is 7.05 Å². The van der Waals surface area contributed by atoms with Gasteiger partial charge < -0.3 is 10.2 Å². The molecule has 0 saturated carbocycles. The Balaban J connectivity index is 2.42. The van der Waals surface area contributed by atoms with Crippen molar-refractivity contribution in [2.75, 3.05) is 26.0 Å². The topological polar surface area (TPSA) is 15.3 Å². The fourth-order valence-corrected chi connectivity index (χ4v) is 1.60. The van der Waals surface area contributed by atoms with Gasteiger partial charge in [0.2, 0.25) is 0 Å². The minimum atomic E-state index is 1.05. The van der Waals surface area contributed by atoms with E-state index >= 15 is 0 Å². The Morgan fingerprint density at radius 3 is 2.40 bits per heavy atom. The van der Waals surface area contributed by atoms with E-state index in [0.717, 1.165) is 6.54 Å². The summed E-state index contributed by atoms with van der Waals surface area (Å²) in [5.74, 6) is 0. The third-order valence-corrected chi connectivity index (χ3v) is 2.59. The Labute approximate surface area is 93.3 Å². The number of anilines is 1. The zero-order chi connectivity index (χ0) is 11.1. The SMILES string of the molecule is CCCCN(C)Cc1ccc(NC)cc1. The second-order valence-electron chi connectivity index (χ2n) is 4.04. The summed E-state index contributed by atoms with van der Waals surface area (Å²) in [6.45, 7) is 4.46. The molecule has 0 aliphatic heterocycles. The quantitative estimate of drug-likeness (QED) is 0.770. The summed E-state index contributed by atoms with van der Waals surface area (Å²) in [4.78, 5) is 2.37. The zero-order valence-electron chi connectivity index (χ0n) is 10.1. The van der Waals surface area contributed by atoms with Gasteiger partial charge in [-0.3, -0.25) is 0 Å². The lowest BCUT2D eigenvalue weighted by atomic mass is 10.2. The van der Waals surface area contributed by atoms with Gasteiger partial charge in [-0.2, -0.15) is 0 Å². The van der Waals surface area contributed by atoms with Crippen molar-refractivity contribution in [2.45, 2.75) is 26.3 Å². The molecule has 0 aromatic heterocycles. The van der Waals surface area contributed by atoms with Gasteiger partial charge in [0.15, 0.2) is 0 Å². The van der Waals surface area contributed by atoms with Crippen LogP contribution in [0.5, 0.6) is 0 Å². The van der Waals surface area contributed by atoms with E-state index in [0.29, 0.717) is 0 Å². The van der Waals surface area contributed by atoms with Crippen molar-refractivity contribution in [1.29, 1.82) is 0 Å². The summed E-state index contributed by atoms with van der Waals surface area (Å²) in [5, 5.41) is 3.13. The Morgan fingerprint density at radius 1 is 1.20 bits per heavy atom. The lowest BCUT2D eigenvalue weighted by molar-refractivity contribution is 0.321. The number of nitrogens with one attached hydrogen (secondary N) is 1. The van der Waals surface area contributed by atoms with Crippen LogP contribution in [0.2, 0.25) is 0 Å². The zero-order valence-corrected chi connectivity index (χ0v) is 10.1. The first-order valence-electron chi connectivity index (χ1n) is 5.71. The van der Waals surface area contributed by atoms with Crippen molar-refractivity contribution < 1.29 is 0 Å². The van der Waals surface area contributed by atoms with Gasteiger partial charge in [0.1, 0.15) is 0 Å². The highest BCUT2D eigenvalue weighted by molar-refractivity contribution is 5.43. The smallest absolute Gasteiger partial charge is 0.0337 e. The molecule has 0 atom stereocenters. The minimum Gasteiger partial charge on any atom is -0.388 e. The van der Waals surface area contributed by atoms with Crippen LogP contribution in [0, 0.1) is 0 Å². The van der Waals surface area contributed by atoms with Gasteiger partial charge in [0.05, 0.1) is 0 Å². The molecule has 2 nitrogen and oxygen atoms in total. The van der Waals surface area contributed by atoms with Crippen LogP contribution >= 0.6 is 0 Å². The number of unbranched alkanes of at least 4 members (excludes halogenated alkanes) is 1. The van der Waals surface area contributed by atoms with Crippen LogP contribution in [0.25, 0.3) is 0 Å². The van der Waals surface area contributed by atoms with Crippen LogP contribution in [-0.4, -0.2) is 25.5 Å². The first kappa shape index (κ1) is 12.1. The highest BCUT2D eigenvalue weighted by Crippen LogP contribution is 2.10. The van der Waals surface area contributed by atoms with E-state index in [2.05, 4.69) is 48.5 Å². The summed E-state index contributed by atoms with van der Waals surface area (Å²) in [6, 6.07) is 8.63. The fourth-order valence-electron chi connectivity index (χ4n) is 1.60. The van der Waals surface area contributed by atoms with Crippen molar-refractivity contribution in [1.82, 2.24) is 4.90 Å². The lowest BCUT2D eigenvalue weighted by Gasteiger charge is -2.16. The molecule has 0 heterocycles. The maximum atomic E-state index is 3.13. The Bertz CT molecular complexity index is 266. The maximum absolute atomic E-state index is 3.13. The molecule has 0 unspecified atom stereocenters. The number of hydrogen-bond acceptors (Lipinski definition) is 2. The summed E-state index contributed by atoms with van der Waals surface area (Å²) in [6.07, 6.45) is 2.55. The monoisotopic (exact) mass is 206 g/mol. The lowest BCUT2D eigenvalue weighted by Crippen LogP contribution is -2.18. The molecule has 0 aliphatic rings. The predicted octanol–water partition coefficient (Wildman–Crippen LogP) is 2.96. The van der Waals surface area contributed by atoms with Crippen molar-refractivity contribution in [3.8, 4) is 0 Å². The van der Waals surface area contributed by atoms with E-state index in [1.54, 1.807) is 0 Å². The molecule has 84 valence electrons. The predicted molar refractivity (Wildman–Crippen MR) is 67.2 cm³/mol. The second kappa shape index (κ2) is 6.46. The molecule has 0 aliphatic carbocycles. The van der Waals surface area contributed by atoms with Gasteiger partial charge in [-0.05, 0) is 37.7 Å². The molecule has 2 heteroatoms. The third-order valence-electron chi connectivity index (χ3n) is 2.59. The van der Waals surface area contributed by atoms with E-state index < -0.39 is 0 Å². The average molecular weight is 206 g/mol. The van der Waals surface area contributed by atoms with Crippen LogP contribution in [0.15, 0.2) is 24.3 Å². The van der Waals surface area contributed by atoms with Gasteiger partial charge in [0, 0.05) is 19.3 Å². The molecule has 0 bridgehead atoms. The Morgan fingerprint density at radius 2 is 1.87 bits per heavy atom. The molecular weight excluding hydrogens is 184 g/mol. The molecule has 0 saturated heterocycles. The minimum absolute atomic E-state index is 1.05. The second-order valence-corrected chi connectivity index (χ2v) is 4.04. The molecule has 1 aromatic rings. The van der Waals surface area contributed by atoms with E-state index in [9.17, 15) is 0 Å². The van der Waals surface area contributed by atoms with Gasteiger partial charge in [-0.1, -0.05) is 25.5 Å². The molecule has 15 heavy (non-hydrogen) atoms. The van der Waals surface area contributed by atoms with Gasteiger partial charge in [-0.15, -0.1) is 0 Å². The molecular formula is C13H22N2. The van der Waals surface area contributed by atoms with E-state index in [1.165, 1.54) is 30.6 Å². The molecule has 0 fully saturated rings. The standard InChI is InChI=1S/C13H22N2/c1-4-5-10-15(3)11-12-6-8-13(14-2)9-7-12/h6-9,14H,4-5,10-11H2,1-3H3. The summed E-state index contributed by atoms with van der Waals surface area (Å²) < 4.78 is 0. The normalized spacial score (nSPS) is 10.7. The highest BCUT2D eigenvalue weighted by atomic mass is 15.1. The fraction of sp³-hybridized carbons (Fsp3) is 0.538. The number of nitrogens with zero attached hydrogens (tertiary/aromatic N) is 1. The van der Waals surface area contributed by atoms with Crippen molar-refractivity contribution >= 4 is 5.69 Å².